The maximum Gasteiger partial charge on any atom is 0.125 e. The molecule has 3 nitrogen and oxygen atoms in total. The Balaban J connectivity index is 3.12. The van der Waals surface area contributed by atoms with Gasteiger partial charge in [-0.25, -0.2) is 10.2 Å². The highest BCUT2D eigenvalue weighted by Crippen LogP contribution is 2.26. The first-order valence-corrected chi connectivity index (χ1v) is 4.42. The fourth-order valence-electron chi connectivity index (χ4n) is 1.09. The Morgan fingerprint density at radius 2 is 1.86 bits per heavy atom. The fourth-order valence-corrected chi connectivity index (χ4v) is 1.09. The van der Waals surface area contributed by atoms with Gasteiger partial charge in [0, 0.05) is 11.6 Å². The van der Waals surface area contributed by atoms with Crippen LogP contribution in [0.4, 0.5) is 15.8 Å². The number of anilines is 2. The van der Waals surface area contributed by atoms with Crippen LogP contribution in [0.5, 0.6) is 0 Å². The molecule has 14 heavy (non-hydrogen) atoms. The zero-order chi connectivity index (χ0) is 10.9. The van der Waals surface area contributed by atoms with Gasteiger partial charge in [-0.15, -0.1) is 0 Å². The molecule has 0 saturated heterocycles. The number of nitrogens with two attached hydrogens (primary N) is 2. The molecule has 0 unspecified atom stereocenters. The van der Waals surface area contributed by atoms with Gasteiger partial charge >= 0.3 is 0 Å². The van der Waals surface area contributed by atoms with Crippen LogP contribution in [0.25, 0.3) is 0 Å². The van der Waals surface area contributed by atoms with Crippen LogP contribution in [0, 0.1) is 5.82 Å². The third-order valence-corrected chi connectivity index (χ3v) is 1.97. The number of rotatable bonds is 1. The van der Waals surface area contributed by atoms with Crippen molar-refractivity contribution in [2.45, 2.75) is 26.3 Å². The number of hydrogen-bond donors (Lipinski definition) is 2. The summed E-state index contributed by atoms with van der Waals surface area (Å²) in [6, 6.07) is 4.16. The molecule has 0 spiro atoms. The summed E-state index contributed by atoms with van der Waals surface area (Å²) < 4.78 is 13.0. The summed E-state index contributed by atoms with van der Waals surface area (Å²) in [5.74, 6) is 5.49. The molecule has 0 amide bonds. The molecule has 1 rings (SSSR count). The monoisotopic (exact) mass is 197 g/mol. The van der Waals surface area contributed by atoms with Gasteiger partial charge in [0.05, 0.1) is 11.4 Å². The minimum Gasteiger partial charge on any atom is -0.397 e. The Bertz CT molecular complexity index is 331. The van der Waals surface area contributed by atoms with Gasteiger partial charge in [0.25, 0.3) is 0 Å². The molecule has 1 aromatic carbocycles. The predicted octanol–water partition coefficient (Wildman–Crippen LogP) is 1.89. The van der Waals surface area contributed by atoms with E-state index < -0.39 is 0 Å². The molecule has 0 saturated carbocycles. The zero-order valence-corrected chi connectivity index (χ0v) is 8.71. The highest BCUT2D eigenvalue weighted by molar-refractivity contribution is 5.67. The van der Waals surface area contributed by atoms with Gasteiger partial charge in [-0.1, -0.05) is 0 Å². The van der Waals surface area contributed by atoms with Crippen molar-refractivity contribution in [1.82, 2.24) is 0 Å². The van der Waals surface area contributed by atoms with Crippen LogP contribution >= 0.6 is 0 Å². The molecule has 0 radical (unpaired) electrons. The maximum absolute atomic E-state index is 13.0. The van der Waals surface area contributed by atoms with Crippen molar-refractivity contribution in [3.63, 3.8) is 0 Å². The molecule has 4 heteroatoms. The van der Waals surface area contributed by atoms with Crippen molar-refractivity contribution >= 4 is 11.4 Å². The summed E-state index contributed by atoms with van der Waals surface area (Å²) in [5.41, 5.74) is 6.40. The number of nitrogen functional groups attached to an aromatic ring is 1. The lowest BCUT2D eigenvalue weighted by molar-refractivity contribution is 0.512. The average molecular weight is 197 g/mol. The van der Waals surface area contributed by atoms with E-state index in [-0.39, 0.29) is 11.4 Å². The van der Waals surface area contributed by atoms with E-state index in [1.807, 2.05) is 20.8 Å². The maximum atomic E-state index is 13.0. The van der Waals surface area contributed by atoms with E-state index in [1.165, 1.54) is 23.2 Å². The second-order valence-corrected chi connectivity index (χ2v) is 4.24. The van der Waals surface area contributed by atoms with Crippen molar-refractivity contribution in [1.29, 1.82) is 0 Å². The van der Waals surface area contributed by atoms with Crippen molar-refractivity contribution in [3.05, 3.63) is 24.0 Å². The largest absolute Gasteiger partial charge is 0.397 e. The van der Waals surface area contributed by atoms with Crippen LogP contribution in [-0.4, -0.2) is 5.54 Å². The van der Waals surface area contributed by atoms with E-state index in [1.54, 1.807) is 0 Å². The molecule has 0 atom stereocenters. The molecule has 0 aliphatic rings. The minimum absolute atomic E-state index is 0.290. The van der Waals surface area contributed by atoms with Gasteiger partial charge < -0.3 is 10.7 Å². The van der Waals surface area contributed by atoms with Crippen molar-refractivity contribution in [2.24, 2.45) is 5.84 Å². The molecular weight excluding hydrogens is 181 g/mol. The standard InChI is InChI=1S/C10H16FN3/c1-10(2,3)14(13)9-6-7(11)4-5-8(9)12/h4-6H,12-13H2,1-3H3. The van der Waals surface area contributed by atoms with Gasteiger partial charge in [-0.3, -0.25) is 0 Å². The normalized spacial score (nSPS) is 11.5. The van der Waals surface area contributed by atoms with Gasteiger partial charge in [0.1, 0.15) is 5.82 Å². The summed E-state index contributed by atoms with van der Waals surface area (Å²) in [4.78, 5) is 0. The van der Waals surface area contributed by atoms with Crippen molar-refractivity contribution < 1.29 is 4.39 Å². The molecular formula is C10H16FN3. The number of nitrogens with zero attached hydrogens (tertiary/aromatic N) is 1. The molecule has 0 aliphatic heterocycles. The zero-order valence-electron chi connectivity index (χ0n) is 8.71. The lowest BCUT2D eigenvalue weighted by Gasteiger charge is -2.33. The highest BCUT2D eigenvalue weighted by atomic mass is 19.1. The molecule has 0 heterocycles. The second-order valence-electron chi connectivity index (χ2n) is 4.24. The van der Waals surface area contributed by atoms with E-state index >= 15 is 0 Å². The molecule has 0 aliphatic carbocycles. The quantitative estimate of drug-likeness (QED) is 0.410. The van der Waals surface area contributed by atoms with Crippen LogP contribution < -0.4 is 16.6 Å². The minimum atomic E-state index is -0.339. The van der Waals surface area contributed by atoms with Crippen LogP contribution in [0.15, 0.2) is 18.2 Å². The molecule has 4 N–H and O–H groups in total. The topological polar surface area (TPSA) is 55.3 Å². The fraction of sp³-hybridized carbons (Fsp3) is 0.400. The Kier molecular flexibility index (Phi) is 2.66. The number of benzene rings is 1. The Morgan fingerprint density at radius 3 is 2.36 bits per heavy atom. The lowest BCUT2D eigenvalue weighted by atomic mass is 10.1. The summed E-state index contributed by atoms with van der Waals surface area (Å²) in [7, 11) is 0. The number of hydrogen-bond acceptors (Lipinski definition) is 3. The van der Waals surface area contributed by atoms with Crippen LogP contribution in [0.2, 0.25) is 0 Å². The van der Waals surface area contributed by atoms with E-state index in [4.69, 9.17) is 11.6 Å². The Hall–Kier alpha value is -1.29. The molecule has 78 valence electrons. The van der Waals surface area contributed by atoms with Gasteiger partial charge in [-0.2, -0.15) is 0 Å². The van der Waals surface area contributed by atoms with E-state index in [9.17, 15) is 4.39 Å². The first kappa shape index (κ1) is 10.8. The smallest absolute Gasteiger partial charge is 0.125 e. The SMILES string of the molecule is CC(C)(C)N(N)c1cc(F)ccc1N. The first-order valence-electron chi connectivity index (χ1n) is 4.42. The molecule has 0 aromatic heterocycles. The summed E-state index contributed by atoms with van der Waals surface area (Å²) in [5, 5.41) is 1.46. The summed E-state index contributed by atoms with van der Waals surface area (Å²) in [6.07, 6.45) is 0. The van der Waals surface area contributed by atoms with Crippen LogP contribution in [0.1, 0.15) is 20.8 Å². The Labute approximate surface area is 83.5 Å². The van der Waals surface area contributed by atoms with Crippen molar-refractivity contribution in [3.8, 4) is 0 Å². The lowest BCUT2D eigenvalue weighted by Crippen LogP contribution is -2.47. The van der Waals surface area contributed by atoms with Crippen LogP contribution in [0.3, 0.4) is 0 Å². The number of hydrazine groups is 1. The first-order chi connectivity index (χ1) is 6.32. The van der Waals surface area contributed by atoms with Crippen molar-refractivity contribution in [2.75, 3.05) is 10.7 Å². The molecule has 1 aromatic rings. The molecule has 0 bridgehead atoms. The predicted molar refractivity (Wildman–Crippen MR) is 57.2 cm³/mol. The summed E-state index contributed by atoms with van der Waals surface area (Å²) in [6.45, 7) is 5.78. The van der Waals surface area contributed by atoms with E-state index in [0.29, 0.717) is 11.4 Å². The average Bonchev–Trinajstić information content (AvgIpc) is 2.06. The number of halogens is 1. The van der Waals surface area contributed by atoms with E-state index in [2.05, 4.69) is 0 Å². The second kappa shape index (κ2) is 3.46. The Morgan fingerprint density at radius 1 is 1.29 bits per heavy atom. The molecule has 0 fully saturated rings. The summed E-state index contributed by atoms with van der Waals surface area (Å²) >= 11 is 0. The third kappa shape index (κ3) is 2.14. The van der Waals surface area contributed by atoms with Gasteiger partial charge in [-0.05, 0) is 32.9 Å². The van der Waals surface area contributed by atoms with Gasteiger partial charge in [0.2, 0.25) is 0 Å². The third-order valence-electron chi connectivity index (χ3n) is 1.97. The van der Waals surface area contributed by atoms with Gasteiger partial charge in [0.15, 0.2) is 0 Å². The highest BCUT2D eigenvalue weighted by Gasteiger charge is 2.20. The van der Waals surface area contributed by atoms with E-state index in [0.717, 1.165) is 0 Å². The van der Waals surface area contributed by atoms with Crippen LogP contribution in [-0.2, 0) is 0 Å².